The first-order valence-corrected chi connectivity index (χ1v) is 10.0. The van der Waals surface area contributed by atoms with Crippen LogP contribution >= 0.6 is 11.6 Å². The Hall–Kier alpha value is -3.18. The number of imidazole rings is 1. The number of carbonyl (C=O) groups excluding carboxylic acids is 1. The molecule has 31 heavy (non-hydrogen) atoms. The lowest BCUT2D eigenvalue weighted by atomic mass is 10.2. The van der Waals surface area contributed by atoms with Gasteiger partial charge in [-0.25, -0.2) is 9.18 Å². The highest BCUT2D eigenvalue weighted by molar-refractivity contribution is 6.31. The summed E-state index contributed by atoms with van der Waals surface area (Å²) in [5.74, 6) is -0.496. The first kappa shape index (κ1) is 21.1. The Morgan fingerprint density at radius 3 is 2.61 bits per heavy atom. The number of nitrogens with one attached hydrogen (secondary N) is 1. The zero-order valence-corrected chi connectivity index (χ0v) is 17.5. The summed E-state index contributed by atoms with van der Waals surface area (Å²) in [6.07, 6.45) is 0. The number of primary amides is 1. The molecule has 0 aliphatic carbocycles. The summed E-state index contributed by atoms with van der Waals surface area (Å²) in [7, 11) is 1.50. The summed E-state index contributed by atoms with van der Waals surface area (Å²) in [5, 5.41) is 0.223. The molecule has 3 N–H and O–H groups in total. The van der Waals surface area contributed by atoms with Gasteiger partial charge in [0.1, 0.15) is 5.82 Å². The summed E-state index contributed by atoms with van der Waals surface area (Å²) in [6, 6.07) is 4.37. The van der Waals surface area contributed by atoms with Crippen LogP contribution in [-0.4, -0.2) is 62.6 Å². The number of rotatable bonds is 5. The average Bonchev–Trinajstić information content (AvgIpc) is 3.09. The Morgan fingerprint density at radius 2 is 1.97 bits per heavy atom. The Morgan fingerprint density at radius 1 is 1.26 bits per heavy atom. The minimum Gasteiger partial charge on any atom is -0.369 e. The lowest BCUT2D eigenvalue weighted by Crippen LogP contribution is -2.49. The van der Waals surface area contributed by atoms with E-state index in [9.17, 15) is 18.8 Å². The van der Waals surface area contributed by atoms with E-state index in [1.807, 2.05) is 9.80 Å². The standard InChI is InChI=1S/C19H21ClFN7O3/c1-25-16-15(17(30)24-19(25)31)28(9-11-12(20)3-2-4-13(11)21)18(23-16)27-7-5-26(6-8-27)10-14(22)29/h2-4H,5-10H2,1H3,(H2,22,29)(H,24,30,31). The number of aromatic nitrogens is 4. The highest BCUT2D eigenvalue weighted by Crippen LogP contribution is 2.26. The van der Waals surface area contributed by atoms with Crippen molar-refractivity contribution < 1.29 is 9.18 Å². The van der Waals surface area contributed by atoms with Crippen molar-refractivity contribution in [3.05, 3.63) is 55.4 Å². The van der Waals surface area contributed by atoms with Crippen molar-refractivity contribution in [2.75, 3.05) is 37.6 Å². The molecule has 164 valence electrons. The third kappa shape index (κ3) is 3.93. The number of amides is 1. The monoisotopic (exact) mass is 449 g/mol. The molecule has 3 heterocycles. The first-order valence-electron chi connectivity index (χ1n) is 9.64. The summed E-state index contributed by atoms with van der Waals surface area (Å²) in [4.78, 5) is 46.6. The molecule has 0 radical (unpaired) electrons. The highest BCUT2D eigenvalue weighted by atomic mass is 35.5. The van der Waals surface area contributed by atoms with Crippen LogP contribution < -0.4 is 21.9 Å². The van der Waals surface area contributed by atoms with E-state index in [-0.39, 0.29) is 34.8 Å². The molecule has 0 bridgehead atoms. The number of carbonyl (C=O) groups is 1. The van der Waals surface area contributed by atoms with Crippen LogP contribution in [0, 0.1) is 5.82 Å². The number of fused-ring (bicyclic) bond motifs is 1. The van der Waals surface area contributed by atoms with Crippen LogP contribution in [0.5, 0.6) is 0 Å². The van der Waals surface area contributed by atoms with E-state index >= 15 is 0 Å². The van der Waals surface area contributed by atoms with Crippen LogP contribution in [-0.2, 0) is 18.4 Å². The Balaban J connectivity index is 1.82. The van der Waals surface area contributed by atoms with Crippen LogP contribution in [0.3, 0.4) is 0 Å². The number of halogens is 2. The Labute approximate surface area is 180 Å². The van der Waals surface area contributed by atoms with Crippen molar-refractivity contribution in [2.45, 2.75) is 6.54 Å². The van der Waals surface area contributed by atoms with Crippen molar-refractivity contribution in [1.82, 2.24) is 24.0 Å². The molecule has 0 unspecified atom stereocenters. The molecule has 1 amide bonds. The van der Waals surface area contributed by atoms with Crippen LogP contribution in [0.15, 0.2) is 27.8 Å². The summed E-state index contributed by atoms with van der Waals surface area (Å²) in [5.41, 5.74) is 4.62. The van der Waals surface area contributed by atoms with Gasteiger partial charge in [-0.15, -0.1) is 0 Å². The fraction of sp³-hybridized carbons (Fsp3) is 0.368. The van der Waals surface area contributed by atoms with Gasteiger partial charge < -0.3 is 10.6 Å². The van der Waals surface area contributed by atoms with Crippen LogP contribution in [0.4, 0.5) is 10.3 Å². The van der Waals surface area contributed by atoms with Crippen molar-refractivity contribution in [1.29, 1.82) is 0 Å². The summed E-state index contributed by atoms with van der Waals surface area (Å²) >= 11 is 6.22. The quantitative estimate of drug-likeness (QED) is 0.559. The molecule has 0 saturated carbocycles. The predicted molar refractivity (Wildman–Crippen MR) is 114 cm³/mol. The molecule has 2 aromatic heterocycles. The minimum absolute atomic E-state index is 0.0415. The SMILES string of the molecule is Cn1c(=O)[nH]c(=O)c2c1nc(N1CCN(CC(N)=O)CC1)n2Cc1c(F)cccc1Cl. The van der Waals surface area contributed by atoms with Gasteiger partial charge in [-0.3, -0.25) is 28.6 Å². The predicted octanol–water partition coefficient (Wildman–Crippen LogP) is -0.129. The van der Waals surface area contributed by atoms with Crippen LogP contribution in [0.2, 0.25) is 5.02 Å². The number of aromatic amines is 1. The second-order valence-electron chi connectivity index (χ2n) is 7.42. The van der Waals surface area contributed by atoms with Gasteiger partial charge in [-0.2, -0.15) is 4.98 Å². The van der Waals surface area contributed by atoms with E-state index in [0.717, 1.165) is 0 Å². The van der Waals surface area contributed by atoms with Gasteiger partial charge in [0.15, 0.2) is 11.2 Å². The molecule has 1 aliphatic rings. The third-order valence-electron chi connectivity index (χ3n) is 5.40. The Bertz CT molecular complexity index is 1250. The molecule has 1 aliphatic heterocycles. The summed E-state index contributed by atoms with van der Waals surface area (Å²) < 4.78 is 17.3. The zero-order chi connectivity index (χ0) is 22.3. The number of nitrogens with zero attached hydrogens (tertiary/aromatic N) is 5. The number of anilines is 1. The van der Waals surface area contributed by atoms with Gasteiger partial charge in [-0.05, 0) is 12.1 Å². The molecule has 1 fully saturated rings. The number of H-pyrrole nitrogens is 1. The number of aryl methyl sites for hydroxylation is 1. The minimum atomic E-state index is -0.614. The average molecular weight is 450 g/mol. The number of hydrogen-bond donors (Lipinski definition) is 2. The maximum atomic E-state index is 14.5. The third-order valence-corrected chi connectivity index (χ3v) is 5.75. The fourth-order valence-corrected chi connectivity index (χ4v) is 4.00. The van der Waals surface area contributed by atoms with Crippen LogP contribution in [0.1, 0.15) is 5.56 Å². The number of benzene rings is 1. The van der Waals surface area contributed by atoms with Gasteiger partial charge in [0.2, 0.25) is 11.9 Å². The molecular weight excluding hydrogens is 429 g/mol. The topological polar surface area (TPSA) is 122 Å². The maximum Gasteiger partial charge on any atom is 0.329 e. The normalized spacial score (nSPS) is 15.0. The van der Waals surface area contributed by atoms with Crippen molar-refractivity contribution in [3.63, 3.8) is 0 Å². The lowest BCUT2D eigenvalue weighted by molar-refractivity contribution is -0.119. The zero-order valence-electron chi connectivity index (χ0n) is 16.8. The van der Waals surface area contributed by atoms with E-state index in [1.54, 1.807) is 10.6 Å². The van der Waals surface area contributed by atoms with Gasteiger partial charge in [0, 0.05) is 43.8 Å². The first-order chi connectivity index (χ1) is 14.8. The van der Waals surface area contributed by atoms with E-state index in [4.69, 9.17) is 17.3 Å². The molecular formula is C19H21ClFN7O3. The summed E-state index contributed by atoms with van der Waals surface area (Å²) in [6.45, 7) is 2.24. The molecule has 0 spiro atoms. The van der Waals surface area contributed by atoms with Gasteiger partial charge >= 0.3 is 5.69 Å². The number of piperazine rings is 1. The smallest absolute Gasteiger partial charge is 0.329 e. The second kappa shape index (κ2) is 8.16. The molecule has 10 nitrogen and oxygen atoms in total. The Kier molecular flexibility index (Phi) is 5.54. The number of hydrogen-bond acceptors (Lipinski definition) is 6. The van der Waals surface area contributed by atoms with E-state index in [1.165, 1.54) is 23.7 Å². The highest BCUT2D eigenvalue weighted by Gasteiger charge is 2.26. The van der Waals surface area contributed by atoms with E-state index < -0.39 is 23.0 Å². The number of nitrogens with two attached hydrogens (primary N) is 1. The fourth-order valence-electron chi connectivity index (χ4n) is 3.78. The maximum absolute atomic E-state index is 14.5. The molecule has 3 aromatic rings. The van der Waals surface area contributed by atoms with Gasteiger partial charge in [0.25, 0.3) is 5.56 Å². The molecule has 1 saturated heterocycles. The lowest BCUT2D eigenvalue weighted by Gasteiger charge is -2.34. The molecule has 12 heteroatoms. The molecule has 4 rings (SSSR count). The van der Waals surface area contributed by atoms with Crippen molar-refractivity contribution in [2.24, 2.45) is 12.8 Å². The molecule has 0 atom stereocenters. The largest absolute Gasteiger partial charge is 0.369 e. The molecule has 1 aromatic carbocycles. The van der Waals surface area contributed by atoms with Crippen LogP contribution in [0.25, 0.3) is 11.2 Å². The van der Waals surface area contributed by atoms with E-state index in [0.29, 0.717) is 32.1 Å². The van der Waals surface area contributed by atoms with Gasteiger partial charge in [0.05, 0.1) is 13.1 Å². The van der Waals surface area contributed by atoms with Gasteiger partial charge in [-0.1, -0.05) is 17.7 Å². The second-order valence-corrected chi connectivity index (χ2v) is 7.83. The van der Waals surface area contributed by atoms with E-state index in [2.05, 4.69) is 9.97 Å². The van der Waals surface area contributed by atoms with Crippen molar-refractivity contribution >= 4 is 34.6 Å². The van der Waals surface area contributed by atoms with Crippen molar-refractivity contribution in [3.8, 4) is 0 Å².